The largest absolute Gasteiger partial charge is 0.469 e. The van der Waals surface area contributed by atoms with E-state index in [2.05, 4.69) is 31.9 Å². The second-order valence-electron chi connectivity index (χ2n) is 7.15. The summed E-state index contributed by atoms with van der Waals surface area (Å²) in [7, 11) is 1.41. The molecule has 3 aromatic rings. The van der Waals surface area contributed by atoms with Gasteiger partial charge in [0.1, 0.15) is 5.82 Å². The van der Waals surface area contributed by atoms with Crippen LogP contribution in [0.5, 0.6) is 0 Å². The quantitative estimate of drug-likeness (QED) is 0.678. The van der Waals surface area contributed by atoms with Gasteiger partial charge in [-0.2, -0.15) is 5.10 Å². The van der Waals surface area contributed by atoms with Crippen LogP contribution < -0.4 is 0 Å². The Kier molecular flexibility index (Phi) is 5.20. The van der Waals surface area contributed by atoms with Gasteiger partial charge in [0.05, 0.1) is 37.3 Å². The molecule has 3 heterocycles. The molecule has 1 N–H and O–H groups in total. The molecule has 0 bridgehead atoms. The Morgan fingerprint density at radius 2 is 2.26 bits per heavy atom. The molecule has 0 saturated carbocycles. The van der Waals surface area contributed by atoms with Crippen molar-refractivity contribution in [2.45, 2.75) is 38.3 Å². The van der Waals surface area contributed by atoms with E-state index in [4.69, 9.17) is 4.98 Å². The molecule has 1 fully saturated rings. The monoisotopic (exact) mass is 367 g/mol. The molecule has 4 rings (SSSR count). The highest BCUT2D eigenvalue weighted by molar-refractivity contribution is 5.74. The van der Waals surface area contributed by atoms with Crippen molar-refractivity contribution >= 4 is 17.0 Å². The zero-order chi connectivity index (χ0) is 18.6. The summed E-state index contributed by atoms with van der Waals surface area (Å²) in [6.45, 7) is 3.50. The molecule has 1 atom stereocenters. The van der Waals surface area contributed by atoms with Crippen molar-refractivity contribution in [1.29, 1.82) is 0 Å². The third-order valence-corrected chi connectivity index (χ3v) is 5.17. The lowest BCUT2D eigenvalue weighted by molar-refractivity contribution is -0.140. The summed E-state index contributed by atoms with van der Waals surface area (Å²) in [6.07, 6.45) is 6.58. The zero-order valence-corrected chi connectivity index (χ0v) is 15.6. The minimum Gasteiger partial charge on any atom is -0.469 e. The standard InChI is InChI=1S/C20H25N5O2/c1-27-19(26)8-10-25-13-15(11-21-25)12-24-9-4-5-16(14-24)20-22-17-6-2-3-7-18(17)23-20/h2-3,6-7,11,13,16H,4-5,8-10,12,14H2,1H3,(H,22,23). The van der Waals surface area contributed by atoms with E-state index >= 15 is 0 Å². The normalized spacial score (nSPS) is 18.0. The molecule has 0 aliphatic carbocycles. The van der Waals surface area contributed by atoms with Crippen LogP contribution in [0.25, 0.3) is 11.0 Å². The Labute approximate surface area is 158 Å². The smallest absolute Gasteiger partial charge is 0.307 e. The molecule has 7 nitrogen and oxygen atoms in total. The van der Waals surface area contributed by atoms with E-state index in [1.165, 1.54) is 12.7 Å². The van der Waals surface area contributed by atoms with E-state index in [0.29, 0.717) is 18.9 Å². The molecule has 1 unspecified atom stereocenters. The van der Waals surface area contributed by atoms with Crippen LogP contribution in [-0.2, 0) is 22.6 Å². The molecule has 1 aromatic carbocycles. The Bertz CT molecular complexity index is 883. The van der Waals surface area contributed by atoms with Gasteiger partial charge in [0.2, 0.25) is 0 Å². The lowest BCUT2D eigenvalue weighted by Crippen LogP contribution is -2.34. The highest BCUT2D eigenvalue weighted by Gasteiger charge is 2.24. The topological polar surface area (TPSA) is 76.0 Å². The SMILES string of the molecule is COC(=O)CCn1cc(CN2CCCC(c3nc4ccccc4[nH]3)C2)cn1. The predicted octanol–water partition coefficient (Wildman–Crippen LogP) is 2.70. The maximum absolute atomic E-state index is 11.3. The first-order valence-corrected chi connectivity index (χ1v) is 9.46. The number of carbonyl (C=O) groups is 1. The number of esters is 1. The van der Waals surface area contributed by atoms with E-state index in [9.17, 15) is 4.79 Å². The average Bonchev–Trinajstić information content (AvgIpc) is 3.33. The van der Waals surface area contributed by atoms with Crippen LogP contribution in [-0.4, -0.2) is 50.8 Å². The molecule has 0 spiro atoms. The van der Waals surface area contributed by atoms with Crippen LogP contribution in [0.1, 0.15) is 36.6 Å². The summed E-state index contributed by atoms with van der Waals surface area (Å²) in [6, 6.07) is 8.20. The van der Waals surface area contributed by atoms with E-state index in [-0.39, 0.29) is 5.97 Å². The van der Waals surface area contributed by atoms with Gasteiger partial charge in [-0.15, -0.1) is 0 Å². The number of aromatic nitrogens is 4. The Morgan fingerprint density at radius 3 is 3.11 bits per heavy atom. The first kappa shape index (κ1) is 17.7. The van der Waals surface area contributed by atoms with Crippen molar-refractivity contribution in [2.24, 2.45) is 0 Å². The second-order valence-corrected chi connectivity index (χ2v) is 7.15. The number of nitrogens with one attached hydrogen (secondary N) is 1. The number of hydrogen-bond donors (Lipinski definition) is 1. The van der Waals surface area contributed by atoms with Crippen LogP contribution in [0, 0.1) is 0 Å². The molecule has 0 amide bonds. The van der Waals surface area contributed by atoms with E-state index < -0.39 is 0 Å². The number of carbonyl (C=O) groups excluding carboxylic acids is 1. The summed E-state index contributed by atoms with van der Waals surface area (Å²) < 4.78 is 6.49. The number of piperidine rings is 1. The molecular weight excluding hydrogens is 342 g/mol. The number of aromatic amines is 1. The number of aryl methyl sites for hydroxylation is 1. The average molecular weight is 367 g/mol. The van der Waals surface area contributed by atoms with Crippen LogP contribution in [0.2, 0.25) is 0 Å². The van der Waals surface area contributed by atoms with Crippen LogP contribution >= 0.6 is 0 Å². The number of methoxy groups -OCH3 is 1. The molecule has 142 valence electrons. The molecule has 0 radical (unpaired) electrons. The minimum absolute atomic E-state index is 0.211. The molecular formula is C20H25N5O2. The number of nitrogens with zero attached hydrogens (tertiary/aromatic N) is 4. The number of rotatable bonds is 6. The molecule has 1 aliphatic heterocycles. The Morgan fingerprint density at radius 1 is 1.37 bits per heavy atom. The molecule has 2 aromatic heterocycles. The van der Waals surface area contributed by atoms with Crippen molar-refractivity contribution < 1.29 is 9.53 Å². The summed E-state index contributed by atoms with van der Waals surface area (Å²) in [5, 5.41) is 4.36. The number of imidazole rings is 1. The van der Waals surface area contributed by atoms with Gasteiger partial charge in [0.25, 0.3) is 0 Å². The van der Waals surface area contributed by atoms with Crippen LogP contribution in [0.15, 0.2) is 36.7 Å². The molecule has 7 heteroatoms. The van der Waals surface area contributed by atoms with E-state index in [0.717, 1.165) is 49.3 Å². The van der Waals surface area contributed by atoms with Gasteiger partial charge in [-0.05, 0) is 31.5 Å². The lowest BCUT2D eigenvalue weighted by Gasteiger charge is -2.31. The lowest BCUT2D eigenvalue weighted by atomic mass is 9.97. The molecule has 1 saturated heterocycles. The second kappa shape index (κ2) is 7.92. The van der Waals surface area contributed by atoms with Gasteiger partial charge >= 0.3 is 5.97 Å². The van der Waals surface area contributed by atoms with E-state index in [1.807, 2.05) is 29.2 Å². The summed E-state index contributed by atoms with van der Waals surface area (Å²) in [5.74, 6) is 1.31. The number of H-pyrrole nitrogens is 1. The van der Waals surface area contributed by atoms with Crippen molar-refractivity contribution in [3.63, 3.8) is 0 Å². The van der Waals surface area contributed by atoms with Gasteiger partial charge in [0, 0.05) is 30.8 Å². The van der Waals surface area contributed by atoms with Crippen molar-refractivity contribution in [3.05, 3.63) is 48.0 Å². The van der Waals surface area contributed by atoms with Gasteiger partial charge in [-0.3, -0.25) is 14.4 Å². The predicted molar refractivity (Wildman–Crippen MR) is 102 cm³/mol. The fourth-order valence-electron chi connectivity index (χ4n) is 3.76. The van der Waals surface area contributed by atoms with Gasteiger partial charge in [-0.25, -0.2) is 4.98 Å². The first-order chi connectivity index (χ1) is 13.2. The zero-order valence-electron chi connectivity index (χ0n) is 15.6. The summed E-state index contributed by atoms with van der Waals surface area (Å²) >= 11 is 0. The number of fused-ring (bicyclic) bond motifs is 1. The highest BCUT2D eigenvalue weighted by Crippen LogP contribution is 2.27. The van der Waals surface area contributed by atoms with Gasteiger partial charge in [-0.1, -0.05) is 12.1 Å². The third-order valence-electron chi connectivity index (χ3n) is 5.17. The fraction of sp³-hybridized carbons (Fsp3) is 0.450. The van der Waals surface area contributed by atoms with Crippen LogP contribution in [0.4, 0.5) is 0 Å². The highest BCUT2D eigenvalue weighted by atomic mass is 16.5. The number of hydrogen-bond acceptors (Lipinski definition) is 5. The van der Waals surface area contributed by atoms with E-state index in [1.54, 1.807) is 0 Å². The Hall–Kier alpha value is -2.67. The van der Waals surface area contributed by atoms with Gasteiger partial charge < -0.3 is 9.72 Å². The number of likely N-dealkylation sites (tertiary alicyclic amines) is 1. The minimum atomic E-state index is -0.211. The van der Waals surface area contributed by atoms with Crippen molar-refractivity contribution in [2.75, 3.05) is 20.2 Å². The van der Waals surface area contributed by atoms with Crippen LogP contribution in [0.3, 0.4) is 0 Å². The Balaban J connectivity index is 1.37. The fourth-order valence-corrected chi connectivity index (χ4v) is 3.76. The molecule has 27 heavy (non-hydrogen) atoms. The summed E-state index contributed by atoms with van der Waals surface area (Å²) in [5.41, 5.74) is 3.32. The first-order valence-electron chi connectivity index (χ1n) is 9.46. The van der Waals surface area contributed by atoms with Crippen molar-refractivity contribution in [3.8, 4) is 0 Å². The summed E-state index contributed by atoms with van der Waals surface area (Å²) in [4.78, 5) is 22.0. The number of benzene rings is 1. The number of para-hydroxylation sites is 2. The maximum Gasteiger partial charge on any atom is 0.307 e. The van der Waals surface area contributed by atoms with Crippen molar-refractivity contribution in [1.82, 2.24) is 24.6 Å². The van der Waals surface area contributed by atoms with Gasteiger partial charge in [0.15, 0.2) is 0 Å². The maximum atomic E-state index is 11.3. The molecule has 1 aliphatic rings. The number of ether oxygens (including phenoxy) is 1. The third kappa shape index (κ3) is 4.19.